The Morgan fingerprint density at radius 2 is 1.71 bits per heavy atom. The Morgan fingerprint density at radius 3 is 1.86 bits per heavy atom. The number of aliphatic carboxylic acids is 1. The molecule has 1 saturated heterocycles. The molecule has 0 aromatic heterocycles. The highest BCUT2D eigenvalue weighted by molar-refractivity contribution is 5.85. The molecule has 1 fully saturated rings. The summed E-state index contributed by atoms with van der Waals surface area (Å²) in [5.74, 6) is -0.745. The zero-order valence-electron chi connectivity index (χ0n) is 9.25. The molecule has 3 nitrogen and oxygen atoms in total. The van der Waals surface area contributed by atoms with E-state index in [-0.39, 0.29) is 18.8 Å². The van der Waals surface area contributed by atoms with E-state index in [0.717, 1.165) is 12.1 Å². The molecule has 1 aliphatic heterocycles. The van der Waals surface area contributed by atoms with Gasteiger partial charge in [0.1, 0.15) is 0 Å². The molecule has 0 radical (unpaired) electrons. The van der Waals surface area contributed by atoms with E-state index >= 15 is 0 Å². The molecule has 86 valence electrons. The van der Waals surface area contributed by atoms with Gasteiger partial charge in [-0.05, 0) is 26.7 Å². The molecule has 0 aromatic carbocycles. The average Bonchev–Trinajstić information content (AvgIpc) is 2.05. The van der Waals surface area contributed by atoms with Gasteiger partial charge in [0.2, 0.25) is 0 Å². The molecule has 1 rings (SSSR count). The third-order valence-electron chi connectivity index (χ3n) is 2.15. The fourth-order valence-corrected chi connectivity index (χ4v) is 1.38. The first-order valence-electron chi connectivity index (χ1n) is 5.04. The van der Waals surface area contributed by atoms with Crippen LogP contribution in [0, 0.1) is 0 Å². The van der Waals surface area contributed by atoms with Gasteiger partial charge < -0.3 is 10.4 Å². The molecule has 2 unspecified atom stereocenters. The Hall–Kier alpha value is -0.280. The zero-order chi connectivity index (χ0) is 10.3. The highest BCUT2D eigenvalue weighted by Gasteiger charge is 2.11. The summed E-state index contributed by atoms with van der Waals surface area (Å²) in [6.45, 7) is 6.12. The van der Waals surface area contributed by atoms with Gasteiger partial charge in [0, 0.05) is 18.5 Å². The molecule has 1 heterocycles. The summed E-state index contributed by atoms with van der Waals surface area (Å²) in [6.07, 6.45) is 4.37. The maximum atomic E-state index is 9.37. The third kappa shape index (κ3) is 9.81. The SMILES string of the molecule is CC1CCCC(C)N1.CCC(=O)O.Cl. The van der Waals surface area contributed by atoms with E-state index in [4.69, 9.17) is 5.11 Å². The van der Waals surface area contributed by atoms with E-state index in [9.17, 15) is 4.79 Å². The molecule has 4 heteroatoms. The fraction of sp³-hybridized carbons (Fsp3) is 0.900. The minimum atomic E-state index is -0.745. The van der Waals surface area contributed by atoms with Gasteiger partial charge >= 0.3 is 5.97 Å². The second-order valence-electron chi connectivity index (χ2n) is 3.65. The van der Waals surface area contributed by atoms with Crippen molar-refractivity contribution in [3.05, 3.63) is 0 Å². The monoisotopic (exact) mass is 223 g/mol. The highest BCUT2D eigenvalue weighted by Crippen LogP contribution is 2.10. The van der Waals surface area contributed by atoms with Gasteiger partial charge in [-0.2, -0.15) is 0 Å². The standard InChI is InChI=1S/C7H15N.C3H6O2.ClH/c1-6-4-3-5-7(2)8-6;1-2-3(4)5;/h6-8H,3-5H2,1-2H3;2H2,1H3,(H,4,5);1H. The molecule has 2 atom stereocenters. The molecule has 0 saturated carbocycles. The van der Waals surface area contributed by atoms with Crippen molar-refractivity contribution in [2.75, 3.05) is 0 Å². The van der Waals surface area contributed by atoms with Crippen LogP contribution >= 0.6 is 12.4 Å². The van der Waals surface area contributed by atoms with Gasteiger partial charge in [0.15, 0.2) is 0 Å². The molecule has 14 heavy (non-hydrogen) atoms. The highest BCUT2D eigenvalue weighted by atomic mass is 35.5. The van der Waals surface area contributed by atoms with Gasteiger partial charge in [0.05, 0.1) is 0 Å². The Labute approximate surface area is 92.7 Å². The number of rotatable bonds is 1. The lowest BCUT2D eigenvalue weighted by Gasteiger charge is -2.25. The number of carboxylic acids is 1. The van der Waals surface area contributed by atoms with Crippen molar-refractivity contribution in [3.8, 4) is 0 Å². The maximum Gasteiger partial charge on any atom is 0.303 e. The van der Waals surface area contributed by atoms with Crippen LogP contribution in [0.25, 0.3) is 0 Å². The van der Waals surface area contributed by atoms with Gasteiger partial charge in [-0.15, -0.1) is 12.4 Å². The first kappa shape index (κ1) is 16.2. The van der Waals surface area contributed by atoms with Crippen LogP contribution in [0.2, 0.25) is 0 Å². The van der Waals surface area contributed by atoms with Crippen LogP contribution in [0.3, 0.4) is 0 Å². The van der Waals surface area contributed by atoms with Crippen LogP contribution in [0.1, 0.15) is 46.5 Å². The van der Waals surface area contributed by atoms with E-state index in [2.05, 4.69) is 19.2 Å². The Kier molecular flexibility index (Phi) is 10.7. The van der Waals surface area contributed by atoms with Gasteiger partial charge in [0.25, 0.3) is 0 Å². The van der Waals surface area contributed by atoms with E-state index in [1.165, 1.54) is 19.3 Å². The van der Waals surface area contributed by atoms with Crippen LogP contribution in [0.5, 0.6) is 0 Å². The number of halogens is 1. The van der Waals surface area contributed by atoms with E-state index < -0.39 is 5.97 Å². The summed E-state index contributed by atoms with van der Waals surface area (Å²) in [5, 5.41) is 11.2. The van der Waals surface area contributed by atoms with Crippen molar-refractivity contribution in [2.45, 2.75) is 58.5 Å². The van der Waals surface area contributed by atoms with Crippen molar-refractivity contribution >= 4 is 18.4 Å². The lowest BCUT2D eigenvalue weighted by molar-refractivity contribution is -0.136. The van der Waals surface area contributed by atoms with Crippen LogP contribution in [0.4, 0.5) is 0 Å². The second-order valence-corrected chi connectivity index (χ2v) is 3.65. The molecule has 0 amide bonds. The molecule has 1 aliphatic rings. The van der Waals surface area contributed by atoms with Crippen LogP contribution in [-0.4, -0.2) is 23.2 Å². The predicted octanol–water partition coefficient (Wildman–Crippen LogP) is 2.44. The summed E-state index contributed by atoms with van der Waals surface area (Å²) < 4.78 is 0. The summed E-state index contributed by atoms with van der Waals surface area (Å²) in [6, 6.07) is 1.53. The molecular weight excluding hydrogens is 202 g/mol. The van der Waals surface area contributed by atoms with Crippen molar-refractivity contribution in [2.24, 2.45) is 0 Å². The van der Waals surface area contributed by atoms with Gasteiger partial charge in [-0.25, -0.2) is 0 Å². The lowest BCUT2D eigenvalue weighted by atomic mass is 10.0. The molecule has 0 aliphatic carbocycles. The van der Waals surface area contributed by atoms with Crippen LogP contribution in [0.15, 0.2) is 0 Å². The lowest BCUT2D eigenvalue weighted by Crippen LogP contribution is -2.38. The summed E-state index contributed by atoms with van der Waals surface area (Å²) in [7, 11) is 0. The number of carbonyl (C=O) groups is 1. The number of hydrogen-bond donors (Lipinski definition) is 2. The number of nitrogens with one attached hydrogen (secondary N) is 1. The Bertz CT molecular complexity index is 145. The quantitative estimate of drug-likeness (QED) is 0.718. The molecule has 2 N–H and O–H groups in total. The summed E-state index contributed by atoms with van der Waals surface area (Å²) in [4.78, 5) is 9.37. The second kappa shape index (κ2) is 9.28. The molecule has 0 aromatic rings. The largest absolute Gasteiger partial charge is 0.481 e. The summed E-state index contributed by atoms with van der Waals surface area (Å²) in [5.41, 5.74) is 0. The first-order valence-corrected chi connectivity index (χ1v) is 5.04. The minimum absolute atomic E-state index is 0. The topological polar surface area (TPSA) is 49.3 Å². The minimum Gasteiger partial charge on any atom is -0.481 e. The van der Waals surface area contributed by atoms with Gasteiger partial charge in [-0.1, -0.05) is 13.3 Å². The van der Waals surface area contributed by atoms with Crippen LogP contribution < -0.4 is 5.32 Å². The van der Waals surface area contributed by atoms with Crippen molar-refractivity contribution in [1.29, 1.82) is 0 Å². The number of carboxylic acid groups (broad SMARTS) is 1. The first-order chi connectivity index (χ1) is 6.06. The fourth-order valence-electron chi connectivity index (χ4n) is 1.38. The van der Waals surface area contributed by atoms with E-state index in [1.807, 2.05) is 0 Å². The van der Waals surface area contributed by atoms with Gasteiger partial charge in [-0.3, -0.25) is 4.79 Å². The third-order valence-corrected chi connectivity index (χ3v) is 2.15. The predicted molar refractivity (Wildman–Crippen MR) is 61.1 cm³/mol. The summed E-state index contributed by atoms with van der Waals surface area (Å²) >= 11 is 0. The molecule has 0 bridgehead atoms. The smallest absolute Gasteiger partial charge is 0.303 e. The van der Waals surface area contributed by atoms with E-state index in [1.54, 1.807) is 6.92 Å². The van der Waals surface area contributed by atoms with E-state index in [0.29, 0.717) is 0 Å². The number of piperidine rings is 1. The Balaban J connectivity index is 0. The Morgan fingerprint density at radius 1 is 1.36 bits per heavy atom. The maximum absolute atomic E-state index is 9.37. The molecular formula is C10H22ClNO2. The van der Waals surface area contributed by atoms with Crippen molar-refractivity contribution < 1.29 is 9.90 Å². The normalized spacial score (nSPS) is 25.4. The molecule has 0 spiro atoms. The van der Waals surface area contributed by atoms with Crippen molar-refractivity contribution in [1.82, 2.24) is 5.32 Å². The average molecular weight is 224 g/mol. The van der Waals surface area contributed by atoms with Crippen LogP contribution in [-0.2, 0) is 4.79 Å². The van der Waals surface area contributed by atoms with Crippen molar-refractivity contribution in [3.63, 3.8) is 0 Å². The zero-order valence-corrected chi connectivity index (χ0v) is 10.1. The number of hydrogen-bond acceptors (Lipinski definition) is 2.